The maximum absolute atomic E-state index is 12.2. The standard InChI is InChI=1S/C10H12F3NO2/c1-16-8-4-2-3-7(15)9(8)6(14)5-10(11,12)13/h2-4,6,15H,5,14H2,1H3/t6-/m1/s1. The molecule has 0 spiro atoms. The lowest BCUT2D eigenvalue weighted by atomic mass is 10.0. The molecule has 0 saturated carbocycles. The Morgan fingerprint density at radius 1 is 1.44 bits per heavy atom. The lowest BCUT2D eigenvalue weighted by molar-refractivity contribution is -0.138. The van der Waals surface area contributed by atoms with E-state index < -0.39 is 18.6 Å². The Hall–Kier alpha value is -1.43. The summed E-state index contributed by atoms with van der Waals surface area (Å²) in [4.78, 5) is 0. The summed E-state index contributed by atoms with van der Waals surface area (Å²) in [5.41, 5.74) is 5.37. The number of hydrogen-bond donors (Lipinski definition) is 2. The minimum Gasteiger partial charge on any atom is -0.507 e. The molecule has 3 N–H and O–H groups in total. The van der Waals surface area contributed by atoms with Crippen LogP contribution in [0.4, 0.5) is 13.2 Å². The number of rotatable bonds is 3. The summed E-state index contributed by atoms with van der Waals surface area (Å²) in [5.74, 6) is -0.146. The van der Waals surface area contributed by atoms with Crippen LogP contribution in [0.1, 0.15) is 18.0 Å². The lowest BCUT2D eigenvalue weighted by Gasteiger charge is -2.18. The van der Waals surface area contributed by atoms with E-state index in [0.717, 1.165) is 0 Å². The van der Waals surface area contributed by atoms with Crippen molar-refractivity contribution in [3.05, 3.63) is 23.8 Å². The van der Waals surface area contributed by atoms with E-state index in [2.05, 4.69) is 0 Å². The van der Waals surface area contributed by atoms with Gasteiger partial charge in [-0.3, -0.25) is 0 Å². The molecule has 0 heterocycles. The normalized spacial score (nSPS) is 13.6. The molecule has 0 aliphatic carbocycles. The smallest absolute Gasteiger partial charge is 0.390 e. The molecular formula is C10H12F3NO2. The molecule has 0 bridgehead atoms. The highest BCUT2D eigenvalue weighted by molar-refractivity contribution is 5.45. The molecule has 0 aliphatic heterocycles. The van der Waals surface area contributed by atoms with Gasteiger partial charge in [-0.1, -0.05) is 6.07 Å². The summed E-state index contributed by atoms with van der Waals surface area (Å²) in [5, 5.41) is 9.46. The van der Waals surface area contributed by atoms with Crippen LogP contribution in [0, 0.1) is 0 Å². The topological polar surface area (TPSA) is 55.5 Å². The fourth-order valence-corrected chi connectivity index (χ4v) is 1.43. The highest BCUT2D eigenvalue weighted by atomic mass is 19.4. The first-order valence-corrected chi connectivity index (χ1v) is 4.53. The van der Waals surface area contributed by atoms with Gasteiger partial charge in [0, 0.05) is 6.04 Å². The molecule has 0 unspecified atom stereocenters. The van der Waals surface area contributed by atoms with Gasteiger partial charge in [-0.05, 0) is 12.1 Å². The van der Waals surface area contributed by atoms with E-state index in [9.17, 15) is 18.3 Å². The third-order valence-corrected chi connectivity index (χ3v) is 2.09. The van der Waals surface area contributed by atoms with Crippen molar-refractivity contribution in [2.45, 2.75) is 18.6 Å². The molecule has 90 valence electrons. The third-order valence-electron chi connectivity index (χ3n) is 2.09. The Morgan fingerprint density at radius 2 is 2.06 bits per heavy atom. The van der Waals surface area contributed by atoms with Gasteiger partial charge in [-0.15, -0.1) is 0 Å². The molecule has 0 fully saturated rings. The number of nitrogens with two attached hydrogens (primary N) is 1. The highest BCUT2D eigenvalue weighted by Crippen LogP contribution is 2.37. The van der Waals surface area contributed by atoms with E-state index in [-0.39, 0.29) is 17.1 Å². The van der Waals surface area contributed by atoms with Crippen LogP contribution in [0.15, 0.2) is 18.2 Å². The summed E-state index contributed by atoms with van der Waals surface area (Å²) in [6, 6.07) is 2.85. The molecule has 0 amide bonds. The molecule has 1 aromatic rings. The van der Waals surface area contributed by atoms with Crippen molar-refractivity contribution in [2.75, 3.05) is 7.11 Å². The Labute approximate surface area is 90.6 Å². The maximum atomic E-state index is 12.2. The molecule has 16 heavy (non-hydrogen) atoms. The number of hydrogen-bond acceptors (Lipinski definition) is 3. The fourth-order valence-electron chi connectivity index (χ4n) is 1.43. The van der Waals surface area contributed by atoms with Gasteiger partial charge in [0.2, 0.25) is 0 Å². The van der Waals surface area contributed by atoms with Gasteiger partial charge in [0.25, 0.3) is 0 Å². The molecular weight excluding hydrogens is 223 g/mol. The lowest BCUT2D eigenvalue weighted by Crippen LogP contribution is -2.20. The number of alkyl halides is 3. The van der Waals surface area contributed by atoms with Crippen molar-refractivity contribution in [2.24, 2.45) is 5.73 Å². The van der Waals surface area contributed by atoms with Gasteiger partial charge in [-0.25, -0.2) is 0 Å². The Balaban J connectivity index is 3.02. The summed E-state index contributed by atoms with van der Waals surface area (Å²) in [6.07, 6.45) is -5.59. The van der Waals surface area contributed by atoms with Gasteiger partial charge in [0.15, 0.2) is 0 Å². The van der Waals surface area contributed by atoms with Crippen LogP contribution in [-0.4, -0.2) is 18.4 Å². The predicted octanol–water partition coefficient (Wildman–Crippen LogP) is 2.35. The van der Waals surface area contributed by atoms with Crippen LogP contribution < -0.4 is 10.5 Å². The van der Waals surface area contributed by atoms with Crippen LogP contribution >= 0.6 is 0 Å². The van der Waals surface area contributed by atoms with Crippen LogP contribution in [0.2, 0.25) is 0 Å². The molecule has 6 heteroatoms. The Kier molecular flexibility index (Phi) is 3.64. The van der Waals surface area contributed by atoms with Gasteiger partial charge in [-0.2, -0.15) is 13.2 Å². The van der Waals surface area contributed by atoms with Crippen molar-refractivity contribution in [1.29, 1.82) is 0 Å². The van der Waals surface area contributed by atoms with Crippen LogP contribution in [0.5, 0.6) is 11.5 Å². The Bertz CT molecular complexity index is 366. The largest absolute Gasteiger partial charge is 0.507 e. The first kappa shape index (κ1) is 12.6. The number of halogens is 3. The van der Waals surface area contributed by atoms with Gasteiger partial charge in [0.1, 0.15) is 11.5 Å². The van der Waals surface area contributed by atoms with Crippen molar-refractivity contribution in [3.8, 4) is 11.5 Å². The monoisotopic (exact) mass is 235 g/mol. The summed E-state index contributed by atoms with van der Waals surface area (Å²) < 4.78 is 41.3. The minimum atomic E-state index is -4.38. The van der Waals surface area contributed by atoms with E-state index in [1.165, 1.54) is 25.3 Å². The zero-order valence-electron chi connectivity index (χ0n) is 8.58. The number of aromatic hydroxyl groups is 1. The highest BCUT2D eigenvalue weighted by Gasteiger charge is 2.33. The average molecular weight is 235 g/mol. The summed E-state index contributed by atoms with van der Waals surface area (Å²) in [6.45, 7) is 0. The molecule has 0 aliphatic rings. The first-order chi connectivity index (χ1) is 7.35. The molecule has 1 atom stereocenters. The zero-order valence-corrected chi connectivity index (χ0v) is 8.58. The third kappa shape index (κ3) is 3.03. The summed E-state index contributed by atoms with van der Waals surface area (Å²) in [7, 11) is 1.30. The van der Waals surface area contributed by atoms with Crippen LogP contribution in [0.25, 0.3) is 0 Å². The number of methoxy groups -OCH3 is 1. The molecule has 0 radical (unpaired) electrons. The van der Waals surface area contributed by atoms with Crippen LogP contribution in [0.3, 0.4) is 0 Å². The van der Waals surface area contributed by atoms with Gasteiger partial charge < -0.3 is 15.6 Å². The van der Waals surface area contributed by atoms with Crippen molar-refractivity contribution < 1.29 is 23.0 Å². The first-order valence-electron chi connectivity index (χ1n) is 4.53. The van der Waals surface area contributed by atoms with Crippen molar-refractivity contribution >= 4 is 0 Å². The SMILES string of the molecule is COc1cccc(O)c1[C@H](N)CC(F)(F)F. The van der Waals surface area contributed by atoms with Crippen molar-refractivity contribution in [3.63, 3.8) is 0 Å². The van der Waals surface area contributed by atoms with Crippen LogP contribution in [-0.2, 0) is 0 Å². The second kappa shape index (κ2) is 4.61. The number of benzene rings is 1. The zero-order chi connectivity index (χ0) is 12.3. The number of phenolic OH excluding ortho intramolecular Hbond substituents is 1. The van der Waals surface area contributed by atoms with Crippen molar-refractivity contribution in [1.82, 2.24) is 0 Å². The molecule has 1 aromatic carbocycles. The van der Waals surface area contributed by atoms with E-state index in [1.54, 1.807) is 0 Å². The number of ether oxygens (including phenoxy) is 1. The molecule has 1 rings (SSSR count). The van der Waals surface area contributed by atoms with E-state index in [4.69, 9.17) is 10.5 Å². The molecule has 0 aromatic heterocycles. The predicted molar refractivity (Wildman–Crippen MR) is 52.3 cm³/mol. The quantitative estimate of drug-likeness (QED) is 0.845. The fraction of sp³-hybridized carbons (Fsp3) is 0.400. The second-order valence-electron chi connectivity index (χ2n) is 3.32. The van der Waals surface area contributed by atoms with Gasteiger partial charge in [0.05, 0.1) is 19.1 Å². The van der Waals surface area contributed by atoms with E-state index >= 15 is 0 Å². The molecule has 3 nitrogen and oxygen atoms in total. The number of phenols is 1. The van der Waals surface area contributed by atoms with Gasteiger partial charge >= 0.3 is 6.18 Å². The van der Waals surface area contributed by atoms with E-state index in [0.29, 0.717) is 0 Å². The minimum absolute atomic E-state index is 0.0256. The second-order valence-corrected chi connectivity index (χ2v) is 3.32. The molecule has 0 saturated heterocycles. The summed E-state index contributed by atoms with van der Waals surface area (Å²) >= 11 is 0. The van der Waals surface area contributed by atoms with E-state index in [1.807, 2.05) is 0 Å². The maximum Gasteiger partial charge on any atom is 0.390 e. The Morgan fingerprint density at radius 3 is 2.56 bits per heavy atom. The average Bonchev–Trinajstić information content (AvgIpc) is 2.14.